The molecule has 0 saturated carbocycles. The van der Waals surface area contributed by atoms with E-state index in [1.807, 2.05) is 0 Å². The number of nitrogens with zero attached hydrogens (tertiary/aromatic N) is 4. The monoisotopic (exact) mass is 265 g/mol. The van der Waals surface area contributed by atoms with Gasteiger partial charge < -0.3 is 4.90 Å². The zero-order valence-corrected chi connectivity index (χ0v) is 11.7. The molecular weight excluding hydrogens is 246 g/mol. The largest absolute Gasteiger partial charge is 0.304 e. The zero-order valence-electron chi connectivity index (χ0n) is 10.9. The van der Waals surface area contributed by atoms with Crippen molar-refractivity contribution in [2.45, 2.75) is 13.5 Å². The van der Waals surface area contributed by atoms with Gasteiger partial charge in [-0.1, -0.05) is 0 Å². The molecular formula is C12H19N5S. The van der Waals surface area contributed by atoms with Gasteiger partial charge in [0.05, 0.1) is 17.9 Å². The maximum absolute atomic E-state index is 4.56. The van der Waals surface area contributed by atoms with Crippen LogP contribution in [0.2, 0.25) is 0 Å². The second-order valence-corrected chi connectivity index (χ2v) is 5.70. The first kappa shape index (κ1) is 12.1. The van der Waals surface area contributed by atoms with Crippen molar-refractivity contribution >= 4 is 16.3 Å². The van der Waals surface area contributed by atoms with Crippen LogP contribution in [0.15, 0.2) is 11.6 Å². The van der Waals surface area contributed by atoms with Gasteiger partial charge >= 0.3 is 0 Å². The Morgan fingerprint density at radius 3 is 2.89 bits per heavy atom. The second-order valence-electron chi connectivity index (χ2n) is 4.82. The first-order valence-electron chi connectivity index (χ1n) is 6.32. The predicted molar refractivity (Wildman–Crippen MR) is 73.7 cm³/mol. The van der Waals surface area contributed by atoms with Gasteiger partial charge in [0.1, 0.15) is 0 Å². The standard InChI is InChI=1S/C12H19N5S/c1-10-11(17-7-8-18-12(17)14-10)9-13-16-5-3-15(2)4-6-16/h7-8,13H,3-6,9H2,1-2H3. The van der Waals surface area contributed by atoms with Gasteiger partial charge in [-0.25, -0.2) is 15.4 Å². The minimum Gasteiger partial charge on any atom is -0.304 e. The van der Waals surface area contributed by atoms with Crippen molar-refractivity contribution in [1.29, 1.82) is 0 Å². The molecule has 1 fully saturated rings. The summed E-state index contributed by atoms with van der Waals surface area (Å²) in [5, 5.41) is 4.40. The fraction of sp³-hybridized carbons (Fsp3) is 0.583. The van der Waals surface area contributed by atoms with Crippen LogP contribution < -0.4 is 5.43 Å². The van der Waals surface area contributed by atoms with E-state index in [1.54, 1.807) is 11.3 Å². The molecule has 0 radical (unpaired) electrons. The van der Waals surface area contributed by atoms with Gasteiger partial charge in [0.15, 0.2) is 4.96 Å². The highest BCUT2D eigenvalue weighted by Crippen LogP contribution is 2.16. The second kappa shape index (κ2) is 4.97. The van der Waals surface area contributed by atoms with E-state index >= 15 is 0 Å². The number of hydrogen-bond acceptors (Lipinski definition) is 5. The molecule has 1 N–H and O–H groups in total. The highest BCUT2D eigenvalue weighted by molar-refractivity contribution is 7.15. The molecule has 0 aromatic carbocycles. The molecule has 3 heterocycles. The van der Waals surface area contributed by atoms with E-state index in [-0.39, 0.29) is 0 Å². The fourth-order valence-electron chi connectivity index (χ4n) is 2.30. The molecule has 0 atom stereocenters. The van der Waals surface area contributed by atoms with Crippen molar-refractivity contribution in [1.82, 2.24) is 24.7 Å². The molecule has 0 bridgehead atoms. The first-order chi connectivity index (χ1) is 8.74. The smallest absolute Gasteiger partial charge is 0.194 e. The van der Waals surface area contributed by atoms with Gasteiger partial charge in [0.2, 0.25) is 0 Å². The molecule has 5 nitrogen and oxygen atoms in total. The Kier molecular flexibility index (Phi) is 3.34. The minimum atomic E-state index is 0.855. The van der Waals surface area contributed by atoms with Crippen LogP contribution in [0.3, 0.4) is 0 Å². The summed E-state index contributed by atoms with van der Waals surface area (Å²) in [4.78, 5) is 8.01. The van der Waals surface area contributed by atoms with E-state index in [0.717, 1.165) is 43.4 Å². The first-order valence-corrected chi connectivity index (χ1v) is 7.20. The quantitative estimate of drug-likeness (QED) is 0.896. The summed E-state index contributed by atoms with van der Waals surface area (Å²) in [6.45, 7) is 7.37. The van der Waals surface area contributed by atoms with Gasteiger partial charge in [-0.15, -0.1) is 11.3 Å². The van der Waals surface area contributed by atoms with E-state index in [0.29, 0.717) is 0 Å². The number of likely N-dealkylation sites (N-methyl/N-ethyl adjacent to an activating group) is 1. The normalized spacial score (nSPS) is 18.8. The average molecular weight is 265 g/mol. The average Bonchev–Trinajstić information content (AvgIpc) is 2.90. The number of aryl methyl sites for hydroxylation is 1. The molecule has 1 saturated heterocycles. The minimum absolute atomic E-state index is 0.855. The lowest BCUT2D eigenvalue weighted by atomic mass is 10.3. The van der Waals surface area contributed by atoms with Crippen molar-refractivity contribution in [2.24, 2.45) is 0 Å². The predicted octanol–water partition coefficient (Wildman–Crippen LogP) is 0.956. The number of piperazine rings is 1. The van der Waals surface area contributed by atoms with Gasteiger partial charge in [-0.3, -0.25) is 4.40 Å². The van der Waals surface area contributed by atoms with Gasteiger partial charge in [-0.2, -0.15) is 0 Å². The number of fused-ring (bicyclic) bond motifs is 1. The van der Waals surface area contributed by atoms with Crippen molar-refractivity contribution in [2.75, 3.05) is 33.2 Å². The van der Waals surface area contributed by atoms with Crippen molar-refractivity contribution in [3.8, 4) is 0 Å². The number of rotatable bonds is 3. The summed E-state index contributed by atoms with van der Waals surface area (Å²) in [5.74, 6) is 0. The number of nitrogens with one attached hydrogen (secondary N) is 1. The Balaban J connectivity index is 1.66. The summed E-state index contributed by atoms with van der Waals surface area (Å²) in [5.41, 5.74) is 5.91. The third kappa shape index (κ3) is 2.29. The lowest BCUT2D eigenvalue weighted by molar-refractivity contribution is 0.101. The van der Waals surface area contributed by atoms with Crippen LogP contribution in [-0.4, -0.2) is 52.5 Å². The lowest BCUT2D eigenvalue weighted by Crippen LogP contribution is -2.50. The van der Waals surface area contributed by atoms with E-state index < -0.39 is 0 Å². The van der Waals surface area contributed by atoms with Gasteiger partial charge in [0, 0.05) is 37.8 Å². The Bertz CT molecular complexity index is 524. The van der Waals surface area contributed by atoms with Crippen LogP contribution >= 0.6 is 11.3 Å². The molecule has 1 aliphatic rings. The number of hydrazine groups is 1. The molecule has 98 valence electrons. The Labute approximate surface area is 111 Å². The number of aromatic nitrogens is 2. The summed E-state index contributed by atoms with van der Waals surface area (Å²) >= 11 is 1.69. The summed E-state index contributed by atoms with van der Waals surface area (Å²) in [6.07, 6.45) is 2.10. The van der Waals surface area contributed by atoms with Crippen LogP contribution in [0, 0.1) is 6.92 Å². The lowest BCUT2D eigenvalue weighted by Gasteiger charge is -2.32. The van der Waals surface area contributed by atoms with E-state index in [2.05, 4.69) is 50.3 Å². The zero-order chi connectivity index (χ0) is 12.5. The van der Waals surface area contributed by atoms with Crippen LogP contribution in [0.25, 0.3) is 4.96 Å². The fourth-order valence-corrected chi connectivity index (χ4v) is 3.08. The molecule has 2 aromatic heterocycles. The maximum atomic E-state index is 4.56. The van der Waals surface area contributed by atoms with Crippen LogP contribution in [0.5, 0.6) is 0 Å². The van der Waals surface area contributed by atoms with Crippen LogP contribution in [-0.2, 0) is 6.54 Å². The Morgan fingerprint density at radius 1 is 1.33 bits per heavy atom. The van der Waals surface area contributed by atoms with Crippen molar-refractivity contribution < 1.29 is 0 Å². The van der Waals surface area contributed by atoms with E-state index in [9.17, 15) is 0 Å². The van der Waals surface area contributed by atoms with Crippen LogP contribution in [0.1, 0.15) is 11.4 Å². The molecule has 0 aliphatic carbocycles. The summed E-state index contributed by atoms with van der Waals surface area (Å²) < 4.78 is 2.18. The van der Waals surface area contributed by atoms with E-state index in [4.69, 9.17) is 0 Å². The molecule has 0 amide bonds. The number of thiazole rings is 1. The SMILES string of the molecule is Cc1nc2sccn2c1CNN1CCN(C)CC1. The summed E-state index contributed by atoms with van der Waals surface area (Å²) in [7, 11) is 2.17. The number of imidazole rings is 1. The topological polar surface area (TPSA) is 35.8 Å². The number of hydrogen-bond donors (Lipinski definition) is 1. The summed E-state index contributed by atoms with van der Waals surface area (Å²) in [6, 6.07) is 0. The van der Waals surface area contributed by atoms with Crippen molar-refractivity contribution in [3.63, 3.8) is 0 Å². The molecule has 18 heavy (non-hydrogen) atoms. The third-order valence-corrected chi connectivity index (χ3v) is 4.29. The van der Waals surface area contributed by atoms with Crippen LogP contribution in [0.4, 0.5) is 0 Å². The Hall–Kier alpha value is -0.950. The molecule has 1 aliphatic heterocycles. The highest BCUT2D eigenvalue weighted by atomic mass is 32.1. The Morgan fingerprint density at radius 2 is 2.11 bits per heavy atom. The third-order valence-electron chi connectivity index (χ3n) is 3.53. The molecule has 0 unspecified atom stereocenters. The van der Waals surface area contributed by atoms with Gasteiger partial charge in [-0.05, 0) is 14.0 Å². The van der Waals surface area contributed by atoms with E-state index in [1.165, 1.54) is 5.69 Å². The maximum Gasteiger partial charge on any atom is 0.194 e. The molecule has 6 heteroatoms. The molecule has 2 aromatic rings. The molecule has 0 spiro atoms. The highest BCUT2D eigenvalue weighted by Gasteiger charge is 2.15. The van der Waals surface area contributed by atoms with Crippen molar-refractivity contribution in [3.05, 3.63) is 23.0 Å². The van der Waals surface area contributed by atoms with Gasteiger partial charge in [0.25, 0.3) is 0 Å². The molecule has 3 rings (SSSR count).